The number of rotatable bonds is 4. The maximum atomic E-state index is 13.3. The third-order valence-corrected chi connectivity index (χ3v) is 8.67. The number of hydrogen-bond donors (Lipinski definition) is 0. The Kier molecular flexibility index (Phi) is 6.64. The van der Waals surface area contributed by atoms with Crippen molar-refractivity contribution in [2.75, 3.05) is 16.4 Å². The third kappa shape index (κ3) is 5.08. The van der Waals surface area contributed by atoms with Crippen molar-refractivity contribution in [3.63, 3.8) is 0 Å². The molecule has 0 aliphatic carbocycles. The Hall–Kier alpha value is -1.76. The molecule has 178 valence electrons. The van der Waals surface area contributed by atoms with Gasteiger partial charge >= 0.3 is 12.4 Å². The van der Waals surface area contributed by atoms with Crippen LogP contribution >= 0.6 is 11.8 Å². The highest BCUT2D eigenvalue weighted by Gasteiger charge is 2.50. The van der Waals surface area contributed by atoms with Crippen LogP contribution in [-0.2, 0) is 27.0 Å². The molecule has 0 saturated carbocycles. The van der Waals surface area contributed by atoms with Gasteiger partial charge in [-0.05, 0) is 31.0 Å². The van der Waals surface area contributed by atoms with Gasteiger partial charge in [-0.15, -0.1) is 0 Å². The fourth-order valence-corrected chi connectivity index (χ4v) is 7.69. The highest BCUT2D eigenvalue weighted by molar-refractivity contribution is 8.16. The zero-order chi connectivity index (χ0) is 24.1. The van der Waals surface area contributed by atoms with Crippen LogP contribution in [0.4, 0.5) is 32.0 Å². The van der Waals surface area contributed by atoms with Crippen LogP contribution in [0.3, 0.4) is 0 Å². The first-order chi connectivity index (χ1) is 14.7. The number of thioether (sulfide) groups is 1. The molecule has 5 nitrogen and oxygen atoms in total. The summed E-state index contributed by atoms with van der Waals surface area (Å²) in [5.41, 5.74) is -3.55. The molecule has 0 aromatic heterocycles. The van der Waals surface area contributed by atoms with Crippen molar-refractivity contribution in [3.8, 4) is 0 Å². The van der Waals surface area contributed by atoms with E-state index in [1.54, 1.807) is 13.8 Å². The predicted molar refractivity (Wildman–Crippen MR) is 109 cm³/mol. The number of amides is 1. The molecule has 2 atom stereocenters. The lowest BCUT2D eigenvalue weighted by molar-refractivity contribution is -0.143. The van der Waals surface area contributed by atoms with Crippen LogP contribution in [0.5, 0.6) is 0 Å². The van der Waals surface area contributed by atoms with Crippen LogP contribution in [0.2, 0.25) is 0 Å². The maximum Gasteiger partial charge on any atom is 0.416 e. The van der Waals surface area contributed by atoms with Gasteiger partial charge in [-0.3, -0.25) is 4.79 Å². The Bertz CT molecular complexity index is 1000. The highest BCUT2D eigenvalue weighted by Crippen LogP contribution is 2.44. The second kappa shape index (κ2) is 8.54. The van der Waals surface area contributed by atoms with Crippen molar-refractivity contribution in [1.82, 2.24) is 0 Å². The summed E-state index contributed by atoms with van der Waals surface area (Å²) in [6.07, 6.45) is -9.21. The SMILES string of the molecule is CCC(CC)C(=O)N=C1S[C@H]2CS(=O)(=O)C[C@H]2N1c1cc(C(F)(F)F)cc(C(F)(F)F)c1. The molecule has 2 heterocycles. The van der Waals surface area contributed by atoms with Crippen molar-refractivity contribution in [1.29, 1.82) is 0 Å². The molecule has 0 N–H and O–H groups in total. The molecule has 3 rings (SSSR count). The second-order valence-corrected chi connectivity index (χ2v) is 11.0. The summed E-state index contributed by atoms with van der Waals surface area (Å²) in [6, 6.07) is 0.130. The Morgan fingerprint density at radius 3 is 2.06 bits per heavy atom. The smallest absolute Gasteiger partial charge is 0.316 e. The number of alkyl halides is 6. The second-order valence-electron chi connectivity index (χ2n) is 7.68. The summed E-state index contributed by atoms with van der Waals surface area (Å²) < 4.78 is 104. The Morgan fingerprint density at radius 1 is 1.06 bits per heavy atom. The fraction of sp³-hybridized carbons (Fsp3) is 0.579. The average molecular weight is 503 g/mol. The molecule has 13 heteroatoms. The minimum atomic E-state index is -5.06. The quantitative estimate of drug-likeness (QED) is 0.556. The molecule has 2 aliphatic heterocycles. The molecule has 0 bridgehead atoms. The Balaban J connectivity index is 2.16. The first-order valence-corrected chi connectivity index (χ1v) is 12.4. The van der Waals surface area contributed by atoms with Crippen molar-refractivity contribution >= 4 is 38.4 Å². The largest absolute Gasteiger partial charge is 0.416 e. The number of halogens is 6. The van der Waals surface area contributed by atoms with Crippen molar-refractivity contribution in [3.05, 3.63) is 29.3 Å². The number of fused-ring (bicyclic) bond motifs is 1. The van der Waals surface area contributed by atoms with Gasteiger partial charge in [0.05, 0.1) is 28.7 Å². The van der Waals surface area contributed by atoms with Gasteiger partial charge in [0.15, 0.2) is 15.0 Å². The number of aliphatic imine (C=N–C) groups is 1. The van der Waals surface area contributed by atoms with Crippen molar-refractivity contribution in [2.45, 2.75) is 50.3 Å². The molecule has 0 radical (unpaired) electrons. The van der Waals surface area contributed by atoms with Crippen molar-refractivity contribution < 1.29 is 39.6 Å². The van der Waals surface area contributed by atoms with E-state index in [0.29, 0.717) is 25.0 Å². The molecule has 32 heavy (non-hydrogen) atoms. The number of carbonyl (C=O) groups excluding carboxylic acids is 1. The van der Waals surface area contributed by atoms with Gasteiger partial charge in [-0.1, -0.05) is 25.6 Å². The monoisotopic (exact) mass is 502 g/mol. The van der Waals surface area contributed by atoms with Crippen molar-refractivity contribution in [2.24, 2.45) is 10.9 Å². The minimum absolute atomic E-state index is 0.00174. The first kappa shape index (κ1) is 24.9. The zero-order valence-corrected chi connectivity index (χ0v) is 18.6. The van der Waals surface area contributed by atoms with E-state index in [2.05, 4.69) is 4.99 Å². The highest BCUT2D eigenvalue weighted by atomic mass is 32.2. The Morgan fingerprint density at radius 2 is 1.59 bits per heavy atom. The number of benzene rings is 1. The summed E-state index contributed by atoms with van der Waals surface area (Å²) in [4.78, 5) is 17.6. The predicted octanol–water partition coefficient (Wildman–Crippen LogP) is 4.76. The zero-order valence-electron chi connectivity index (χ0n) is 17.0. The van der Waals surface area contributed by atoms with Crippen LogP contribution in [0, 0.1) is 5.92 Å². The minimum Gasteiger partial charge on any atom is -0.316 e. The van der Waals surface area contributed by atoms with Gasteiger partial charge < -0.3 is 4.90 Å². The van der Waals surface area contributed by atoms with Crippen LogP contribution < -0.4 is 4.90 Å². The molecular formula is C19H20F6N2O3S2. The summed E-state index contributed by atoms with van der Waals surface area (Å²) in [5.74, 6) is -1.77. The summed E-state index contributed by atoms with van der Waals surface area (Å²) >= 11 is 0.893. The number of anilines is 1. The van der Waals surface area contributed by atoms with Gasteiger partial charge in [0.2, 0.25) is 0 Å². The number of amidine groups is 1. The maximum absolute atomic E-state index is 13.3. The lowest BCUT2D eigenvalue weighted by atomic mass is 10.0. The topological polar surface area (TPSA) is 66.8 Å². The molecule has 1 amide bonds. The molecule has 0 unspecified atom stereocenters. The molecule has 2 aliphatic rings. The average Bonchev–Trinajstić information content (AvgIpc) is 3.11. The molecular weight excluding hydrogens is 482 g/mol. The molecule has 2 saturated heterocycles. The van der Waals surface area contributed by atoms with Gasteiger partial charge in [0.25, 0.3) is 5.91 Å². The van der Waals surface area contributed by atoms with Gasteiger partial charge in [0, 0.05) is 16.9 Å². The molecule has 1 aromatic carbocycles. The van der Waals surface area contributed by atoms with Gasteiger partial charge in [0.1, 0.15) is 0 Å². The van der Waals surface area contributed by atoms with Crippen LogP contribution in [0.15, 0.2) is 23.2 Å². The van der Waals surface area contributed by atoms with Gasteiger partial charge in [-0.2, -0.15) is 31.3 Å². The van der Waals surface area contributed by atoms with E-state index in [9.17, 15) is 39.6 Å². The van der Waals surface area contributed by atoms with E-state index < -0.39 is 67.9 Å². The van der Waals surface area contributed by atoms with E-state index in [1.807, 2.05) is 0 Å². The number of carbonyl (C=O) groups is 1. The number of sulfone groups is 1. The van der Waals surface area contributed by atoms with E-state index in [-0.39, 0.29) is 17.0 Å². The van der Waals surface area contributed by atoms with Gasteiger partial charge in [-0.25, -0.2) is 8.42 Å². The third-order valence-electron chi connectivity index (χ3n) is 5.46. The Labute approximate surface area is 185 Å². The number of nitrogens with zero attached hydrogens (tertiary/aromatic N) is 2. The lowest BCUT2D eigenvalue weighted by Crippen LogP contribution is -2.38. The standard InChI is InChI=1S/C19H20F6N2O3S2/c1-3-10(4-2)16(28)26-17-27(14-8-32(29,30)9-15(14)31-17)13-6-11(18(20,21)22)5-12(7-13)19(23,24)25/h5-7,10,14-15H,3-4,8-9H2,1-2H3/t14-,15+/m1/s1. The molecule has 1 aromatic rings. The van der Waals surface area contributed by atoms with Crippen LogP contribution in [0.25, 0.3) is 0 Å². The van der Waals surface area contributed by atoms with Crippen LogP contribution in [0.1, 0.15) is 37.8 Å². The summed E-state index contributed by atoms with van der Waals surface area (Å²) in [5, 5.41) is -0.739. The van der Waals surface area contributed by atoms with E-state index in [1.165, 1.54) is 0 Å². The summed E-state index contributed by atoms with van der Waals surface area (Å²) in [7, 11) is -3.55. The lowest BCUT2D eigenvalue weighted by Gasteiger charge is -2.26. The fourth-order valence-electron chi connectivity index (χ4n) is 3.77. The van der Waals surface area contributed by atoms with E-state index >= 15 is 0 Å². The first-order valence-electron chi connectivity index (χ1n) is 9.74. The van der Waals surface area contributed by atoms with Crippen LogP contribution in [-0.4, -0.2) is 42.3 Å². The van der Waals surface area contributed by atoms with E-state index in [4.69, 9.17) is 0 Å². The normalized spacial score (nSPS) is 24.4. The molecule has 2 fully saturated rings. The summed E-state index contributed by atoms with van der Waals surface area (Å²) in [6.45, 7) is 3.52. The number of hydrogen-bond acceptors (Lipinski definition) is 4. The van der Waals surface area contributed by atoms with E-state index in [0.717, 1.165) is 16.7 Å². The molecule has 0 spiro atoms.